The second kappa shape index (κ2) is 8.33. The summed E-state index contributed by atoms with van der Waals surface area (Å²) in [6.07, 6.45) is -0.665. The van der Waals surface area contributed by atoms with Gasteiger partial charge in [-0.25, -0.2) is 13.6 Å². The average molecular weight is 361 g/mol. The molecule has 0 aromatic heterocycles. The highest BCUT2D eigenvalue weighted by molar-refractivity contribution is 6.36. The Morgan fingerprint density at radius 2 is 1.35 bits per heavy atom. The number of hydrogen-bond donors (Lipinski definition) is 0. The van der Waals surface area contributed by atoms with Crippen molar-refractivity contribution in [1.29, 1.82) is 0 Å². The monoisotopic (exact) mass is 361 g/mol. The molecule has 7 heteroatoms. The van der Waals surface area contributed by atoms with Gasteiger partial charge in [-0.15, -0.1) is 0 Å². The average Bonchev–Trinajstić information content (AvgIpc) is 2.64. The van der Waals surface area contributed by atoms with Crippen LogP contribution in [0.15, 0.2) is 48.5 Å². The molecule has 1 amide bonds. The first-order valence-electron chi connectivity index (χ1n) is 7.71. The number of carbonyl (C=O) groups excluding carboxylic acids is 3. The fourth-order valence-electron chi connectivity index (χ4n) is 2.52. The summed E-state index contributed by atoms with van der Waals surface area (Å²) in [5.74, 6) is -3.59. The number of rotatable bonds is 6. The predicted octanol–water partition coefficient (Wildman–Crippen LogP) is 2.64. The molecule has 0 fully saturated rings. The molecule has 0 aliphatic heterocycles. The summed E-state index contributed by atoms with van der Waals surface area (Å²) in [7, 11) is 2.50. The number of hydrogen-bond acceptors (Lipinski definition) is 4. The molecule has 0 N–H and O–H groups in total. The maximum atomic E-state index is 13.2. The second-order valence-corrected chi connectivity index (χ2v) is 5.60. The predicted molar refractivity (Wildman–Crippen MR) is 89.1 cm³/mol. The summed E-state index contributed by atoms with van der Waals surface area (Å²) in [6.45, 7) is 0. The molecule has 0 saturated carbocycles. The van der Waals surface area contributed by atoms with E-state index in [0.29, 0.717) is 11.1 Å². The molecule has 136 valence electrons. The molecule has 0 radical (unpaired) electrons. The third kappa shape index (κ3) is 4.50. The third-order valence-corrected chi connectivity index (χ3v) is 3.88. The maximum Gasteiger partial charge on any atom is 0.374 e. The summed E-state index contributed by atoms with van der Waals surface area (Å²) in [6, 6.07) is 10.3. The van der Waals surface area contributed by atoms with Gasteiger partial charge < -0.3 is 9.64 Å². The zero-order chi connectivity index (χ0) is 19.3. The van der Waals surface area contributed by atoms with Crippen molar-refractivity contribution in [3.63, 3.8) is 0 Å². The Morgan fingerprint density at radius 3 is 1.73 bits per heavy atom. The van der Waals surface area contributed by atoms with Crippen LogP contribution >= 0.6 is 0 Å². The van der Waals surface area contributed by atoms with Crippen molar-refractivity contribution in [1.82, 2.24) is 4.90 Å². The van der Waals surface area contributed by atoms with Crippen molar-refractivity contribution in [3.8, 4) is 0 Å². The highest BCUT2D eigenvalue weighted by atomic mass is 19.1. The van der Waals surface area contributed by atoms with Crippen LogP contribution in [0.4, 0.5) is 8.78 Å². The minimum absolute atomic E-state index is 0.443. The van der Waals surface area contributed by atoms with Gasteiger partial charge in [0.15, 0.2) is 0 Å². The van der Waals surface area contributed by atoms with Crippen LogP contribution in [0, 0.1) is 11.6 Å². The molecule has 0 atom stereocenters. The van der Waals surface area contributed by atoms with Crippen LogP contribution in [-0.4, -0.2) is 36.7 Å². The maximum absolute atomic E-state index is 13.2. The van der Waals surface area contributed by atoms with Gasteiger partial charge in [-0.1, -0.05) is 24.3 Å². The molecule has 26 heavy (non-hydrogen) atoms. The van der Waals surface area contributed by atoms with Crippen LogP contribution in [0.1, 0.15) is 23.6 Å². The Balaban J connectivity index is 2.35. The molecule has 0 spiro atoms. The van der Waals surface area contributed by atoms with Gasteiger partial charge in [0.05, 0.1) is 19.6 Å². The largest absolute Gasteiger partial charge is 0.463 e. The van der Waals surface area contributed by atoms with Crippen LogP contribution in [0.3, 0.4) is 0 Å². The number of carbonyl (C=O) groups is 3. The standard InChI is InChI=1S/C19H17F2NO4/c1-22(17(24)11-16(23)19(25)26-2)18(12-3-7-14(20)8-4-12)13-5-9-15(21)10-6-13/h3-10,18H,11H2,1-2H3. The number of methoxy groups -OCH3 is 1. The molecule has 0 bridgehead atoms. The fourth-order valence-corrected chi connectivity index (χ4v) is 2.52. The smallest absolute Gasteiger partial charge is 0.374 e. The van der Waals surface area contributed by atoms with Crippen LogP contribution < -0.4 is 0 Å². The van der Waals surface area contributed by atoms with E-state index < -0.39 is 41.8 Å². The topological polar surface area (TPSA) is 63.7 Å². The molecule has 2 aromatic carbocycles. The zero-order valence-corrected chi connectivity index (χ0v) is 14.2. The molecule has 2 rings (SSSR count). The fraction of sp³-hybridized carbons (Fsp3) is 0.211. The van der Waals surface area contributed by atoms with Crippen LogP contribution in [0.25, 0.3) is 0 Å². The molecule has 0 aliphatic rings. The lowest BCUT2D eigenvalue weighted by Crippen LogP contribution is -2.34. The van der Waals surface area contributed by atoms with E-state index in [-0.39, 0.29) is 0 Å². The first kappa shape index (κ1) is 19.2. The summed E-state index contributed by atoms with van der Waals surface area (Å²) in [4.78, 5) is 36.6. The van der Waals surface area contributed by atoms with Crippen LogP contribution in [-0.2, 0) is 19.1 Å². The van der Waals surface area contributed by atoms with E-state index in [1.807, 2.05) is 0 Å². The van der Waals surface area contributed by atoms with Gasteiger partial charge in [-0.05, 0) is 35.4 Å². The van der Waals surface area contributed by atoms with Gasteiger partial charge in [0.2, 0.25) is 11.7 Å². The van der Waals surface area contributed by atoms with Crippen molar-refractivity contribution in [2.24, 2.45) is 0 Å². The molecule has 5 nitrogen and oxygen atoms in total. The van der Waals surface area contributed by atoms with E-state index in [9.17, 15) is 23.2 Å². The van der Waals surface area contributed by atoms with Gasteiger partial charge >= 0.3 is 5.97 Å². The lowest BCUT2D eigenvalue weighted by molar-refractivity contribution is -0.153. The van der Waals surface area contributed by atoms with Crippen molar-refractivity contribution in [3.05, 3.63) is 71.3 Å². The van der Waals surface area contributed by atoms with Crippen LogP contribution in [0.2, 0.25) is 0 Å². The minimum atomic E-state index is -1.10. The number of benzene rings is 2. The Labute approximate surface area is 149 Å². The molecular formula is C19H17F2NO4. The summed E-state index contributed by atoms with van der Waals surface area (Å²) < 4.78 is 30.8. The highest BCUT2D eigenvalue weighted by Gasteiger charge is 2.27. The van der Waals surface area contributed by atoms with Crippen LogP contribution in [0.5, 0.6) is 0 Å². The second-order valence-electron chi connectivity index (χ2n) is 5.60. The van der Waals surface area contributed by atoms with Gasteiger partial charge in [0, 0.05) is 7.05 Å². The van der Waals surface area contributed by atoms with Gasteiger partial charge in [0.25, 0.3) is 0 Å². The van der Waals surface area contributed by atoms with E-state index in [4.69, 9.17) is 0 Å². The van der Waals surface area contributed by atoms with Crippen molar-refractivity contribution >= 4 is 17.7 Å². The normalized spacial score (nSPS) is 10.5. The highest BCUT2D eigenvalue weighted by Crippen LogP contribution is 2.28. The molecule has 0 saturated heterocycles. The number of halogens is 2. The lowest BCUT2D eigenvalue weighted by Gasteiger charge is -2.29. The van der Waals surface area contributed by atoms with Gasteiger partial charge in [-0.2, -0.15) is 0 Å². The number of ether oxygens (including phenoxy) is 1. The quantitative estimate of drug-likeness (QED) is 0.451. The minimum Gasteiger partial charge on any atom is -0.463 e. The third-order valence-electron chi connectivity index (χ3n) is 3.88. The number of amides is 1. The first-order valence-corrected chi connectivity index (χ1v) is 7.71. The first-order chi connectivity index (χ1) is 12.3. The van der Waals surface area contributed by atoms with E-state index in [1.165, 1.54) is 60.5 Å². The number of esters is 1. The van der Waals surface area contributed by atoms with E-state index in [2.05, 4.69) is 4.74 Å². The van der Waals surface area contributed by atoms with Gasteiger partial charge in [-0.3, -0.25) is 9.59 Å². The molecule has 0 heterocycles. The molecule has 2 aromatic rings. The van der Waals surface area contributed by atoms with E-state index in [0.717, 1.165) is 7.11 Å². The van der Waals surface area contributed by atoms with Crippen molar-refractivity contribution < 1.29 is 27.9 Å². The van der Waals surface area contributed by atoms with E-state index in [1.54, 1.807) is 0 Å². The van der Waals surface area contributed by atoms with Crippen molar-refractivity contribution in [2.45, 2.75) is 12.5 Å². The molecule has 0 aliphatic carbocycles. The van der Waals surface area contributed by atoms with E-state index >= 15 is 0 Å². The number of ketones is 1. The molecule has 0 unspecified atom stereocenters. The molecular weight excluding hydrogens is 344 g/mol. The number of nitrogens with zero attached hydrogens (tertiary/aromatic N) is 1. The Hall–Kier alpha value is -3.09. The summed E-state index contributed by atoms with van der Waals surface area (Å²) in [5.41, 5.74) is 1.14. The van der Waals surface area contributed by atoms with Gasteiger partial charge in [0.1, 0.15) is 11.6 Å². The number of Topliss-reactive ketones (excluding diaryl/α,β-unsaturated/α-hetero) is 1. The summed E-state index contributed by atoms with van der Waals surface area (Å²) >= 11 is 0. The summed E-state index contributed by atoms with van der Waals surface area (Å²) in [5, 5.41) is 0. The zero-order valence-electron chi connectivity index (χ0n) is 14.2. The SMILES string of the molecule is COC(=O)C(=O)CC(=O)N(C)C(c1ccc(F)cc1)c1ccc(F)cc1. The Morgan fingerprint density at radius 1 is 0.923 bits per heavy atom. The Kier molecular flexibility index (Phi) is 6.16. The van der Waals surface area contributed by atoms with Crippen molar-refractivity contribution in [2.75, 3.05) is 14.2 Å². The Bertz CT molecular complexity index is 758. The lowest BCUT2D eigenvalue weighted by atomic mass is 9.97.